The van der Waals surface area contributed by atoms with Gasteiger partial charge in [0.2, 0.25) is 0 Å². The number of rotatable bonds is 5. The SMILES string of the molecule is Cc1ccc([N+](=O)[O-])c(N(CCO)C2CC2)c1. The largest absolute Gasteiger partial charge is 0.395 e. The monoisotopic (exact) mass is 236 g/mol. The molecule has 1 saturated carbocycles. The van der Waals surface area contributed by atoms with E-state index in [-0.39, 0.29) is 17.2 Å². The van der Waals surface area contributed by atoms with Crippen molar-refractivity contribution in [2.24, 2.45) is 0 Å². The van der Waals surface area contributed by atoms with Crippen LogP contribution in [-0.4, -0.2) is 29.2 Å². The van der Waals surface area contributed by atoms with Gasteiger partial charge >= 0.3 is 0 Å². The Kier molecular flexibility index (Phi) is 3.28. The Bertz CT molecular complexity index is 430. The first-order chi connectivity index (χ1) is 8.13. The van der Waals surface area contributed by atoms with Crippen LogP contribution < -0.4 is 4.90 Å². The first-order valence-corrected chi connectivity index (χ1v) is 5.76. The molecule has 5 heteroatoms. The fraction of sp³-hybridized carbons (Fsp3) is 0.500. The van der Waals surface area contributed by atoms with E-state index in [0.29, 0.717) is 18.3 Å². The lowest BCUT2D eigenvalue weighted by Gasteiger charge is -2.23. The van der Waals surface area contributed by atoms with E-state index in [0.717, 1.165) is 18.4 Å². The van der Waals surface area contributed by atoms with Crippen LogP contribution in [0.5, 0.6) is 0 Å². The van der Waals surface area contributed by atoms with Gasteiger partial charge in [-0.25, -0.2) is 0 Å². The summed E-state index contributed by atoms with van der Waals surface area (Å²) in [6.45, 7) is 2.38. The normalized spacial score (nSPS) is 14.7. The molecule has 0 atom stereocenters. The van der Waals surface area contributed by atoms with Gasteiger partial charge in [-0.2, -0.15) is 0 Å². The molecule has 0 saturated heterocycles. The average molecular weight is 236 g/mol. The predicted octanol–water partition coefficient (Wildman–Crippen LogP) is 1.86. The highest BCUT2D eigenvalue weighted by Crippen LogP contribution is 2.37. The molecule has 17 heavy (non-hydrogen) atoms. The lowest BCUT2D eigenvalue weighted by Crippen LogP contribution is -2.29. The first-order valence-electron chi connectivity index (χ1n) is 5.76. The van der Waals surface area contributed by atoms with Crippen LogP contribution >= 0.6 is 0 Å². The molecule has 0 radical (unpaired) electrons. The van der Waals surface area contributed by atoms with Crippen molar-refractivity contribution in [1.29, 1.82) is 0 Å². The number of aliphatic hydroxyl groups is 1. The molecule has 1 fully saturated rings. The third-order valence-electron chi connectivity index (χ3n) is 2.97. The number of hydrogen-bond donors (Lipinski definition) is 1. The Morgan fingerprint density at radius 3 is 2.76 bits per heavy atom. The number of nitrogens with zero attached hydrogens (tertiary/aromatic N) is 2. The second kappa shape index (κ2) is 4.71. The average Bonchev–Trinajstić information content (AvgIpc) is 3.09. The molecule has 0 aromatic heterocycles. The minimum atomic E-state index is -0.360. The molecule has 0 bridgehead atoms. The predicted molar refractivity (Wildman–Crippen MR) is 65.3 cm³/mol. The van der Waals surface area contributed by atoms with Crippen molar-refractivity contribution in [3.8, 4) is 0 Å². The van der Waals surface area contributed by atoms with Gasteiger partial charge in [0.05, 0.1) is 11.5 Å². The number of hydrogen-bond acceptors (Lipinski definition) is 4. The zero-order chi connectivity index (χ0) is 12.4. The van der Waals surface area contributed by atoms with Crippen molar-refractivity contribution in [3.05, 3.63) is 33.9 Å². The zero-order valence-electron chi connectivity index (χ0n) is 9.80. The minimum Gasteiger partial charge on any atom is -0.395 e. The molecular formula is C12H16N2O3. The second-order valence-corrected chi connectivity index (χ2v) is 4.40. The van der Waals surface area contributed by atoms with Crippen molar-refractivity contribution < 1.29 is 10.0 Å². The van der Waals surface area contributed by atoms with Crippen molar-refractivity contribution in [1.82, 2.24) is 0 Å². The molecule has 92 valence electrons. The Morgan fingerprint density at radius 2 is 2.24 bits per heavy atom. The molecule has 0 heterocycles. The van der Waals surface area contributed by atoms with Crippen LogP contribution in [0, 0.1) is 17.0 Å². The van der Waals surface area contributed by atoms with E-state index in [2.05, 4.69) is 0 Å². The maximum atomic E-state index is 11.0. The first kappa shape index (κ1) is 11.9. The molecule has 2 rings (SSSR count). The van der Waals surface area contributed by atoms with Crippen LogP contribution in [0.4, 0.5) is 11.4 Å². The van der Waals surface area contributed by atoms with E-state index in [1.165, 1.54) is 6.07 Å². The lowest BCUT2D eigenvalue weighted by atomic mass is 10.1. The van der Waals surface area contributed by atoms with Gasteiger partial charge in [-0.05, 0) is 31.4 Å². The number of benzene rings is 1. The van der Waals surface area contributed by atoms with Crippen LogP contribution in [0.15, 0.2) is 18.2 Å². The van der Waals surface area contributed by atoms with Gasteiger partial charge < -0.3 is 10.0 Å². The standard InChI is InChI=1S/C12H16N2O3/c1-9-2-5-11(14(16)17)12(8-9)13(6-7-15)10-3-4-10/h2,5,8,10,15H,3-4,6-7H2,1H3. The van der Waals surface area contributed by atoms with Crippen LogP contribution in [0.1, 0.15) is 18.4 Å². The fourth-order valence-electron chi connectivity index (χ4n) is 2.01. The Morgan fingerprint density at radius 1 is 1.53 bits per heavy atom. The Balaban J connectivity index is 2.39. The van der Waals surface area contributed by atoms with Crippen molar-refractivity contribution in [2.75, 3.05) is 18.1 Å². The highest BCUT2D eigenvalue weighted by molar-refractivity contribution is 5.65. The lowest BCUT2D eigenvalue weighted by molar-refractivity contribution is -0.384. The number of nitro benzene ring substituents is 1. The van der Waals surface area contributed by atoms with Gasteiger partial charge in [-0.3, -0.25) is 10.1 Å². The van der Waals surface area contributed by atoms with E-state index >= 15 is 0 Å². The summed E-state index contributed by atoms with van der Waals surface area (Å²) in [7, 11) is 0. The maximum absolute atomic E-state index is 11.0. The summed E-state index contributed by atoms with van der Waals surface area (Å²) in [6.07, 6.45) is 2.09. The molecule has 1 aromatic carbocycles. The highest BCUT2D eigenvalue weighted by atomic mass is 16.6. The van der Waals surface area contributed by atoms with Crippen LogP contribution in [0.25, 0.3) is 0 Å². The van der Waals surface area contributed by atoms with Gasteiger partial charge in [0.15, 0.2) is 0 Å². The molecule has 0 unspecified atom stereocenters. The van der Waals surface area contributed by atoms with E-state index in [4.69, 9.17) is 5.11 Å². The number of anilines is 1. The summed E-state index contributed by atoms with van der Waals surface area (Å²) in [5.74, 6) is 0. The summed E-state index contributed by atoms with van der Waals surface area (Å²) in [4.78, 5) is 12.6. The quantitative estimate of drug-likeness (QED) is 0.626. The fourth-order valence-corrected chi connectivity index (χ4v) is 2.01. The molecule has 0 spiro atoms. The van der Waals surface area contributed by atoms with E-state index in [9.17, 15) is 10.1 Å². The third-order valence-corrected chi connectivity index (χ3v) is 2.97. The molecule has 0 amide bonds. The Hall–Kier alpha value is -1.62. The summed E-state index contributed by atoms with van der Waals surface area (Å²) in [6, 6.07) is 5.46. The van der Waals surface area contributed by atoms with Gasteiger partial charge in [-0.1, -0.05) is 6.07 Å². The third kappa shape index (κ3) is 2.55. The van der Waals surface area contributed by atoms with E-state index in [1.54, 1.807) is 6.07 Å². The van der Waals surface area contributed by atoms with Gasteiger partial charge in [-0.15, -0.1) is 0 Å². The van der Waals surface area contributed by atoms with Crippen molar-refractivity contribution in [3.63, 3.8) is 0 Å². The number of aliphatic hydroxyl groups excluding tert-OH is 1. The van der Waals surface area contributed by atoms with Gasteiger partial charge in [0, 0.05) is 18.7 Å². The Labute approximate surface area is 99.8 Å². The summed E-state index contributed by atoms with van der Waals surface area (Å²) >= 11 is 0. The molecule has 1 aliphatic rings. The summed E-state index contributed by atoms with van der Waals surface area (Å²) in [5, 5.41) is 20.1. The molecule has 0 aliphatic heterocycles. The molecule has 5 nitrogen and oxygen atoms in total. The second-order valence-electron chi connectivity index (χ2n) is 4.40. The van der Waals surface area contributed by atoms with Crippen LogP contribution in [-0.2, 0) is 0 Å². The molecule has 1 N–H and O–H groups in total. The molecule has 1 aliphatic carbocycles. The summed E-state index contributed by atoms with van der Waals surface area (Å²) < 4.78 is 0. The van der Waals surface area contributed by atoms with Crippen molar-refractivity contribution >= 4 is 11.4 Å². The van der Waals surface area contributed by atoms with Gasteiger partial charge in [0.1, 0.15) is 5.69 Å². The summed E-state index contributed by atoms with van der Waals surface area (Å²) in [5.41, 5.74) is 1.75. The maximum Gasteiger partial charge on any atom is 0.292 e. The highest BCUT2D eigenvalue weighted by Gasteiger charge is 2.32. The zero-order valence-corrected chi connectivity index (χ0v) is 9.80. The van der Waals surface area contributed by atoms with Crippen LogP contribution in [0.2, 0.25) is 0 Å². The van der Waals surface area contributed by atoms with Crippen LogP contribution in [0.3, 0.4) is 0 Å². The minimum absolute atomic E-state index is 0.0155. The number of aryl methyl sites for hydroxylation is 1. The molecular weight excluding hydrogens is 220 g/mol. The van der Waals surface area contributed by atoms with E-state index < -0.39 is 0 Å². The van der Waals surface area contributed by atoms with Gasteiger partial charge in [0.25, 0.3) is 5.69 Å². The number of nitro groups is 1. The van der Waals surface area contributed by atoms with Crippen molar-refractivity contribution in [2.45, 2.75) is 25.8 Å². The molecule has 1 aromatic rings. The van der Waals surface area contributed by atoms with E-state index in [1.807, 2.05) is 17.9 Å². The smallest absolute Gasteiger partial charge is 0.292 e. The topological polar surface area (TPSA) is 66.6 Å².